The lowest BCUT2D eigenvalue weighted by molar-refractivity contribution is -0.151. The molecule has 1 N–H and O–H groups in total. The number of rotatable bonds is 14. The van der Waals surface area contributed by atoms with Gasteiger partial charge in [0, 0.05) is 40.8 Å². The number of fused-ring (bicyclic) bond motifs is 3. The van der Waals surface area contributed by atoms with Crippen LogP contribution < -0.4 is 24.6 Å². The highest BCUT2D eigenvalue weighted by atomic mass is 28.3. The van der Waals surface area contributed by atoms with Crippen LogP contribution in [0.1, 0.15) is 35.6 Å². The number of aliphatic hydroxyl groups is 1. The minimum atomic E-state index is -2.68. The molecule has 3 aliphatic heterocycles. The molecule has 1 fully saturated rings. The monoisotopic (exact) mass is 898 g/mol. The smallest absolute Gasteiger partial charge is 0.264 e. The molecule has 5 atom stereocenters. The van der Waals surface area contributed by atoms with Gasteiger partial charge in [0.1, 0.15) is 5.75 Å². The molecule has 0 aromatic heterocycles. The molecule has 0 saturated carbocycles. The van der Waals surface area contributed by atoms with Crippen molar-refractivity contribution in [2.45, 2.75) is 69.2 Å². The number of carbonyl (C=O) groups is 4. The zero-order valence-corrected chi connectivity index (χ0v) is 38.6. The third-order valence-corrected chi connectivity index (χ3v) is 18.5. The summed E-state index contributed by atoms with van der Waals surface area (Å²) in [6.07, 6.45) is 1.39. The van der Waals surface area contributed by atoms with Crippen LogP contribution >= 0.6 is 0 Å². The van der Waals surface area contributed by atoms with Crippen LogP contribution in [0.2, 0.25) is 18.6 Å². The van der Waals surface area contributed by atoms with E-state index in [-0.39, 0.29) is 36.9 Å². The van der Waals surface area contributed by atoms with E-state index < -0.39 is 31.7 Å². The molecule has 6 aromatic rings. The third kappa shape index (κ3) is 7.78. The number of hydrogen-bond donors (Lipinski definition) is 1. The Balaban J connectivity index is 1.16. The third-order valence-electron chi connectivity index (χ3n) is 14.2. The second-order valence-corrected chi connectivity index (χ2v) is 22.8. The van der Waals surface area contributed by atoms with Gasteiger partial charge in [0.05, 0.1) is 52.6 Å². The van der Waals surface area contributed by atoms with Crippen molar-refractivity contribution >= 4 is 66.3 Å². The van der Waals surface area contributed by atoms with Crippen molar-refractivity contribution in [3.05, 3.63) is 174 Å². The van der Waals surface area contributed by atoms with Crippen LogP contribution in [0.25, 0.3) is 0 Å². The lowest BCUT2D eigenvalue weighted by Crippen LogP contribution is -2.52. The van der Waals surface area contributed by atoms with E-state index >= 15 is 4.79 Å². The van der Waals surface area contributed by atoms with Crippen LogP contribution in [0.3, 0.4) is 0 Å². The molecule has 11 nitrogen and oxygen atoms in total. The summed E-state index contributed by atoms with van der Waals surface area (Å²) >= 11 is 0. The van der Waals surface area contributed by atoms with Crippen LogP contribution in [0.15, 0.2) is 152 Å². The largest absolute Gasteiger partial charge is 0.497 e. The Bertz CT molecular complexity index is 2750. The first-order valence-corrected chi connectivity index (χ1v) is 25.5. The van der Waals surface area contributed by atoms with Gasteiger partial charge in [-0.3, -0.25) is 29.0 Å². The lowest BCUT2D eigenvalue weighted by atomic mass is 9.82. The minimum Gasteiger partial charge on any atom is -0.497 e. The predicted octanol–water partition coefficient (Wildman–Crippen LogP) is 8.38. The fraction of sp³-hybridized carbons (Fsp3) is 0.259. The zero-order valence-electron chi connectivity index (χ0n) is 37.6. The Hall–Kier alpha value is -6.86. The molecule has 4 amide bonds. The normalized spacial score (nSPS) is 21.0. The summed E-state index contributed by atoms with van der Waals surface area (Å²) in [4.78, 5) is 62.9. The standard InChI is InChI=1S/C54H54N4O7Si/c1-37-52(66(3,4)47-25-23-46(64-2)24-26-47)50(31-51(62)55-33-40-16-12-11-15-39(40)29-45(55)34-59)65-54(37)48-30-44(58(36-61)42-19-9-6-10-20-42)22-27-49(48)56(53(54)63)32-38-14-13-21-43(28-38)57(35-60)41-17-7-5-8-18-41/h5-28,30,35-37,45,50,52,59H,29,31-34H2,1-4H3/t37-,45+,50+,52-,54+/m1/s1. The van der Waals surface area contributed by atoms with E-state index in [1.807, 2.05) is 133 Å². The first-order valence-electron chi connectivity index (χ1n) is 22.5. The van der Waals surface area contributed by atoms with Gasteiger partial charge in [0.15, 0.2) is 5.60 Å². The highest BCUT2D eigenvalue weighted by Crippen LogP contribution is 2.61. The van der Waals surface area contributed by atoms with Crippen molar-refractivity contribution in [1.82, 2.24) is 4.90 Å². The first-order chi connectivity index (χ1) is 32.0. The van der Waals surface area contributed by atoms with Gasteiger partial charge in [-0.1, -0.05) is 110 Å². The van der Waals surface area contributed by atoms with Crippen molar-refractivity contribution < 1.29 is 33.8 Å². The van der Waals surface area contributed by atoms with Gasteiger partial charge in [0.2, 0.25) is 18.7 Å². The summed E-state index contributed by atoms with van der Waals surface area (Å²) in [6.45, 7) is 6.97. The van der Waals surface area contributed by atoms with Crippen molar-refractivity contribution in [3.8, 4) is 5.75 Å². The molecule has 12 heteroatoms. The number of nitrogens with zero attached hydrogens (tertiary/aromatic N) is 4. The fourth-order valence-corrected chi connectivity index (χ4v) is 14.9. The predicted molar refractivity (Wildman–Crippen MR) is 259 cm³/mol. The highest BCUT2D eigenvalue weighted by molar-refractivity contribution is 6.91. The van der Waals surface area contributed by atoms with E-state index in [0.717, 1.165) is 40.4 Å². The van der Waals surface area contributed by atoms with Crippen LogP contribution in [-0.2, 0) is 49.0 Å². The molecule has 9 rings (SSSR count). The van der Waals surface area contributed by atoms with Gasteiger partial charge < -0.3 is 24.4 Å². The Kier molecular flexibility index (Phi) is 12.2. The summed E-state index contributed by atoms with van der Waals surface area (Å²) < 4.78 is 13.0. The van der Waals surface area contributed by atoms with E-state index in [1.54, 1.807) is 26.7 Å². The average Bonchev–Trinajstić information content (AvgIpc) is 3.77. The molecule has 0 radical (unpaired) electrons. The van der Waals surface area contributed by atoms with E-state index in [9.17, 15) is 19.5 Å². The Morgan fingerprint density at radius 2 is 1.39 bits per heavy atom. The summed E-state index contributed by atoms with van der Waals surface area (Å²) in [5.41, 5.74) is 4.97. The maximum Gasteiger partial charge on any atom is 0.264 e. The van der Waals surface area contributed by atoms with Crippen LogP contribution in [0.5, 0.6) is 5.75 Å². The molecule has 336 valence electrons. The second-order valence-electron chi connectivity index (χ2n) is 18.1. The van der Waals surface area contributed by atoms with Gasteiger partial charge in [-0.2, -0.15) is 0 Å². The summed E-state index contributed by atoms with van der Waals surface area (Å²) in [5.74, 6) is -0.129. The van der Waals surface area contributed by atoms with Crippen LogP contribution in [0, 0.1) is 5.92 Å². The molecule has 0 bridgehead atoms. The molecule has 1 spiro atoms. The summed E-state index contributed by atoms with van der Waals surface area (Å²) in [7, 11) is -1.04. The molecular weight excluding hydrogens is 845 g/mol. The molecule has 1 saturated heterocycles. The van der Waals surface area contributed by atoms with Crippen molar-refractivity contribution in [2.75, 3.05) is 28.4 Å². The maximum absolute atomic E-state index is 15.9. The Morgan fingerprint density at radius 3 is 2.02 bits per heavy atom. The Morgan fingerprint density at radius 1 is 0.788 bits per heavy atom. The lowest BCUT2D eigenvalue weighted by Gasteiger charge is -2.39. The molecule has 0 aliphatic carbocycles. The number of ether oxygens (including phenoxy) is 2. The van der Waals surface area contributed by atoms with E-state index in [4.69, 9.17) is 9.47 Å². The van der Waals surface area contributed by atoms with Crippen LogP contribution in [0.4, 0.5) is 28.4 Å². The van der Waals surface area contributed by atoms with Crippen molar-refractivity contribution in [2.24, 2.45) is 5.92 Å². The molecule has 6 aromatic carbocycles. The minimum absolute atomic E-state index is 0.00213. The Labute approximate surface area is 386 Å². The van der Waals surface area contributed by atoms with Crippen molar-refractivity contribution in [3.63, 3.8) is 0 Å². The quantitative estimate of drug-likeness (QED) is 0.0862. The highest BCUT2D eigenvalue weighted by Gasteiger charge is 2.66. The van der Waals surface area contributed by atoms with E-state index in [0.29, 0.717) is 47.0 Å². The van der Waals surface area contributed by atoms with Gasteiger partial charge >= 0.3 is 0 Å². The summed E-state index contributed by atoms with van der Waals surface area (Å²) in [5, 5.41) is 11.8. The van der Waals surface area contributed by atoms with Gasteiger partial charge in [0.25, 0.3) is 5.91 Å². The number of amides is 4. The topological polar surface area (TPSA) is 120 Å². The summed E-state index contributed by atoms with van der Waals surface area (Å²) in [6, 6.07) is 47.6. The molecule has 3 aliphatic rings. The van der Waals surface area contributed by atoms with Gasteiger partial charge in [-0.25, -0.2) is 0 Å². The maximum atomic E-state index is 15.9. The number of benzene rings is 6. The number of carbonyl (C=O) groups excluding carboxylic acids is 4. The van der Waals surface area contributed by atoms with E-state index in [1.165, 1.54) is 0 Å². The molecule has 66 heavy (non-hydrogen) atoms. The molecular formula is C54H54N4O7Si. The van der Waals surface area contributed by atoms with E-state index in [2.05, 4.69) is 38.2 Å². The van der Waals surface area contributed by atoms with Gasteiger partial charge in [-0.15, -0.1) is 0 Å². The number of para-hydroxylation sites is 2. The SMILES string of the molecule is COc1ccc([Si](C)(C)[C@H]2[C@H](CC(=O)N3Cc4ccccc4C[C@H]3CO)O[C@@]3(C(=O)N(Cc4cccc(N(C=O)c5ccccc5)c4)c4ccc(N(C=O)c5ccccc5)cc43)[C@@H]2C)cc1. The number of hydrogen-bond acceptors (Lipinski definition) is 7. The number of anilines is 5. The van der Waals surface area contributed by atoms with Crippen molar-refractivity contribution in [1.29, 1.82) is 0 Å². The average molecular weight is 899 g/mol. The second kappa shape index (κ2) is 18.2. The van der Waals surface area contributed by atoms with Gasteiger partial charge in [-0.05, 0) is 95.4 Å². The van der Waals surface area contributed by atoms with Crippen LogP contribution in [-0.4, -0.2) is 68.6 Å². The zero-order chi connectivity index (χ0) is 46.2. The fourth-order valence-electron chi connectivity index (χ4n) is 10.8. The number of methoxy groups -OCH3 is 1. The molecule has 3 heterocycles. The molecule has 0 unspecified atom stereocenters. The first kappa shape index (κ1) is 44.3. The number of aliphatic hydroxyl groups excluding tert-OH is 1.